The van der Waals surface area contributed by atoms with Gasteiger partial charge in [0.2, 0.25) is 5.91 Å². The summed E-state index contributed by atoms with van der Waals surface area (Å²) in [4.78, 5) is 36.7. The molecule has 5 rings (SSSR count). The number of carbonyl (C=O) groups is 3. The Morgan fingerprint density at radius 3 is 2.15 bits per heavy atom. The smallest absolute Gasteiger partial charge is 0.407 e. The number of benzene rings is 2. The standard InChI is InChI=1S/C26H28N2O5/c29-24(27-17-12-11-16(13-17)25(30)31)23(15-9-10-15)28-26(32)33-14-22-20-7-3-1-5-18(20)19-6-2-4-8-21(19)22/h1-8,15-17,22-23H,9-14H2,(H,27,29)(H,28,32)(H,30,31)/t16-,17+,23?/m0/s1. The first kappa shape index (κ1) is 21.5. The van der Waals surface area contributed by atoms with Gasteiger partial charge in [-0.15, -0.1) is 0 Å². The van der Waals surface area contributed by atoms with E-state index in [1.54, 1.807) is 0 Å². The van der Waals surface area contributed by atoms with Crippen LogP contribution in [0.4, 0.5) is 4.79 Å². The zero-order valence-electron chi connectivity index (χ0n) is 18.3. The van der Waals surface area contributed by atoms with Gasteiger partial charge in [-0.05, 0) is 60.3 Å². The maximum Gasteiger partial charge on any atom is 0.407 e. The van der Waals surface area contributed by atoms with E-state index in [0.717, 1.165) is 35.1 Å². The summed E-state index contributed by atoms with van der Waals surface area (Å²) in [6.07, 6.45) is 2.80. The number of hydrogen-bond donors (Lipinski definition) is 3. The lowest BCUT2D eigenvalue weighted by molar-refractivity contribution is -0.141. The number of fused-ring (bicyclic) bond motifs is 3. The van der Waals surface area contributed by atoms with E-state index in [0.29, 0.717) is 19.3 Å². The molecular formula is C26H28N2O5. The molecule has 3 atom stereocenters. The number of alkyl carbamates (subject to hydrolysis) is 1. The van der Waals surface area contributed by atoms with Crippen molar-refractivity contribution in [2.24, 2.45) is 11.8 Å². The number of carboxylic acid groups (broad SMARTS) is 1. The molecule has 0 spiro atoms. The fraction of sp³-hybridized carbons (Fsp3) is 0.423. The van der Waals surface area contributed by atoms with Crippen molar-refractivity contribution in [2.75, 3.05) is 6.61 Å². The predicted molar refractivity (Wildman–Crippen MR) is 122 cm³/mol. The summed E-state index contributed by atoms with van der Waals surface area (Å²) in [5.41, 5.74) is 4.59. The molecule has 3 aliphatic rings. The molecule has 0 heterocycles. The Morgan fingerprint density at radius 1 is 0.939 bits per heavy atom. The molecule has 33 heavy (non-hydrogen) atoms. The van der Waals surface area contributed by atoms with Crippen molar-refractivity contribution in [3.8, 4) is 11.1 Å². The average Bonchev–Trinajstić information content (AvgIpc) is 3.46. The summed E-state index contributed by atoms with van der Waals surface area (Å²) in [5, 5.41) is 14.9. The highest BCUT2D eigenvalue weighted by atomic mass is 16.5. The van der Waals surface area contributed by atoms with E-state index < -0.39 is 24.0 Å². The second-order valence-electron chi connectivity index (χ2n) is 9.34. The van der Waals surface area contributed by atoms with Crippen molar-refractivity contribution >= 4 is 18.0 Å². The third kappa shape index (κ3) is 4.45. The fourth-order valence-corrected chi connectivity index (χ4v) is 5.22. The fourth-order valence-electron chi connectivity index (χ4n) is 5.22. The monoisotopic (exact) mass is 448 g/mol. The van der Waals surface area contributed by atoms with Crippen LogP contribution >= 0.6 is 0 Å². The first-order valence-electron chi connectivity index (χ1n) is 11.7. The predicted octanol–water partition coefficient (Wildman–Crippen LogP) is 3.67. The number of carboxylic acids is 1. The number of rotatable bonds is 7. The SMILES string of the molecule is O=C(NC(C(=O)N[C@@H]1CC[C@H](C(=O)O)C1)C1CC1)OCC1c2ccccc2-c2ccccc21. The highest BCUT2D eigenvalue weighted by molar-refractivity contribution is 5.87. The lowest BCUT2D eigenvalue weighted by Crippen LogP contribution is -2.50. The molecule has 2 amide bonds. The van der Waals surface area contributed by atoms with E-state index in [-0.39, 0.29) is 30.4 Å². The molecule has 7 nitrogen and oxygen atoms in total. The Bertz CT molecular complexity index is 1030. The van der Waals surface area contributed by atoms with Gasteiger partial charge in [-0.3, -0.25) is 9.59 Å². The minimum atomic E-state index is -0.817. The van der Waals surface area contributed by atoms with Crippen LogP contribution in [-0.2, 0) is 14.3 Å². The van der Waals surface area contributed by atoms with E-state index >= 15 is 0 Å². The van der Waals surface area contributed by atoms with Gasteiger partial charge < -0.3 is 20.5 Å². The molecule has 172 valence electrons. The van der Waals surface area contributed by atoms with Crippen molar-refractivity contribution < 1.29 is 24.2 Å². The van der Waals surface area contributed by atoms with Crippen molar-refractivity contribution in [3.05, 3.63) is 59.7 Å². The molecule has 2 fully saturated rings. The van der Waals surface area contributed by atoms with Gasteiger partial charge in [-0.25, -0.2) is 4.79 Å². The maximum absolute atomic E-state index is 12.9. The van der Waals surface area contributed by atoms with Crippen LogP contribution in [0.15, 0.2) is 48.5 Å². The highest BCUT2D eigenvalue weighted by Crippen LogP contribution is 2.44. The summed E-state index contributed by atoms with van der Waals surface area (Å²) >= 11 is 0. The topological polar surface area (TPSA) is 105 Å². The Morgan fingerprint density at radius 2 is 1.58 bits per heavy atom. The molecule has 2 saturated carbocycles. The number of hydrogen-bond acceptors (Lipinski definition) is 4. The average molecular weight is 449 g/mol. The van der Waals surface area contributed by atoms with Gasteiger partial charge in [0, 0.05) is 12.0 Å². The van der Waals surface area contributed by atoms with Gasteiger partial charge in [-0.1, -0.05) is 48.5 Å². The maximum atomic E-state index is 12.9. The molecule has 2 aromatic rings. The minimum absolute atomic E-state index is 0.0391. The second-order valence-corrected chi connectivity index (χ2v) is 9.34. The van der Waals surface area contributed by atoms with E-state index in [1.165, 1.54) is 0 Å². The van der Waals surface area contributed by atoms with Crippen LogP contribution in [0, 0.1) is 11.8 Å². The van der Waals surface area contributed by atoms with Crippen LogP contribution in [0.3, 0.4) is 0 Å². The Labute approximate surface area is 192 Å². The van der Waals surface area contributed by atoms with Crippen molar-refractivity contribution in [2.45, 2.75) is 50.1 Å². The van der Waals surface area contributed by atoms with Crippen LogP contribution < -0.4 is 10.6 Å². The van der Waals surface area contributed by atoms with Crippen molar-refractivity contribution in [1.82, 2.24) is 10.6 Å². The van der Waals surface area contributed by atoms with Crippen LogP contribution in [0.2, 0.25) is 0 Å². The quantitative estimate of drug-likeness (QED) is 0.599. The van der Waals surface area contributed by atoms with E-state index in [1.807, 2.05) is 24.3 Å². The van der Waals surface area contributed by atoms with Gasteiger partial charge >= 0.3 is 12.1 Å². The number of aliphatic carboxylic acids is 1. The summed E-state index contributed by atoms with van der Waals surface area (Å²) in [5.74, 6) is -1.42. The zero-order chi connectivity index (χ0) is 22.9. The second kappa shape index (κ2) is 8.89. The van der Waals surface area contributed by atoms with Gasteiger partial charge in [0.15, 0.2) is 0 Å². The lowest BCUT2D eigenvalue weighted by atomic mass is 9.98. The van der Waals surface area contributed by atoms with Crippen molar-refractivity contribution in [3.63, 3.8) is 0 Å². The molecule has 3 aliphatic carbocycles. The van der Waals surface area contributed by atoms with Gasteiger partial charge in [0.1, 0.15) is 12.6 Å². The molecule has 2 aromatic carbocycles. The number of nitrogens with one attached hydrogen (secondary N) is 2. The number of carbonyl (C=O) groups excluding carboxylic acids is 2. The number of ether oxygens (including phenoxy) is 1. The molecule has 0 radical (unpaired) electrons. The van der Waals surface area contributed by atoms with Gasteiger partial charge in [-0.2, -0.15) is 0 Å². The summed E-state index contributed by atoms with van der Waals surface area (Å²) in [6.45, 7) is 0.196. The van der Waals surface area contributed by atoms with Gasteiger partial charge in [0.25, 0.3) is 0 Å². The minimum Gasteiger partial charge on any atom is -0.481 e. The molecule has 1 unspecified atom stereocenters. The molecule has 0 bridgehead atoms. The first-order valence-corrected chi connectivity index (χ1v) is 11.7. The molecule has 0 aliphatic heterocycles. The normalized spacial score (nSPS) is 22.2. The Kier molecular flexibility index (Phi) is 5.79. The largest absolute Gasteiger partial charge is 0.481 e. The third-order valence-corrected chi connectivity index (χ3v) is 7.12. The molecule has 0 saturated heterocycles. The molecule has 3 N–H and O–H groups in total. The van der Waals surface area contributed by atoms with Crippen LogP contribution in [-0.4, -0.2) is 41.8 Å². The van der Waals surface area contributed by atoms with Crippen LogP contribution in [0.25, 0.3) is 11.1 Å². The summed E-state index contributed by atoms with van der Waals surface area (Å²) in [6, 6.07) is 15.5. The Hall–Kier alpha value is -3.35. The molecule has 0 aromatic heterocycles. The number of amides is 2. The molecule has 7 heteroatoms. The lowest BCUT2D eigenvalue weighted by Gasteiger charge is -2.21. The van der Waals surface area contributed by atoms with Gasteiger partial charge in [0.05, 0.1) is 5.92 Å². The zero-order valence-corrected chi connectivity index (χ0v) is 18.3. The highest BCUT2D eigenvalue weighted by Gasteiger charge is 2.40. The van der Waals surface area contributed by atoms with Crippen molar-refractivity contribution in [1.29, 1.82) is 0 Å². The first-order chi connectivity index (χ1) is 16.0. The van der Waals surface area contributed by atoms with Crippen LogP contribution in [0.1, 0.15) is 49.1 Å². The summed E-state index contributed by atoms with van der Waals surface area (Å²) in [7, 11) is 0. The summed E-state index contributed by atoms with van der Waals surface area (Å²) < 4.78 is 5.61. The van der Waals surface area contributed by atoms with Crippen LogP contribution in [0.5, 0.6) is 0 Å². The van der Waals surface area contributed by atoms with E-state index in [2.05, 4.69) is 34.9 Å². The third-order valence-electron chi connectivity index (χ3n) is 7.12. The molecular weight excluding hydrogens is 420 g/mol. The van der Waals surface area contributed by atoms with E-state index in [4.69, 9.17) is 4.74 Å². The van der Waals surface area contributed by atoms with E-state index in [9.17, 15) is 19.5 Å². The Balaban J connectivity index is 1.20.